The van der Waals surface area contributed by atoms with Gasteiger partial charge in [0.15, 0.2) is 0 Å². The largest absolute Gasteiger partial charge is 0.379 e. The highest BCUT2D eigenvalue weighted by Crippen LogP contribution is 2.20. The number of benzene rings is 1. The van der Waals surface area contributed by atoms with Crippen LogP contribution in [0.5, 0.6) is 0 Å². The maximum atomic E-state index is 5.77. The van der Waals surface area contributed by atoms with Crippen molar-refractivity contribution in [2.45, 2.75) is 25.2 Å². The summed E-state index contributed by atoms with van der Waals surface area (Å²) in [5.41, 5.74) is 0. The molecular formula is C17H27NOS. The minimum absolute atomic E-state index is 0.840. The van der Waals surface area contributed by atoms with Crippen molar-refractivity contribution >= 4 is 11.8 Å². The quantitative estimate of drug-likeness (QED) is 0.561. The molecule has 1 aromatic rings. The standard InChI is InChI=1S/C17H27NOS/c1-15-12-16(2)14-18(13-15)8-9-19-10-11-20-17-6-4-3-5-7-17/h3-7,15-16H,8-14H2,1-2H3/t15-,16-/m0/s1. The van der Waals surface area contributed by atoms with Gasteiger partial charge in [0.25, 0.3) is 0 Å². The summed E-state index contributed by atoms with van der Waals surface area (Å²) < 4.78 is 5.77. The number of thioether (sulfide) groups is 1. The van der Waals surface area contributed by atoms with Gasteiger partial charge in [0.2, 0.25) is 0 Å². The zero-order valence-electron chi connectivity index (χ0n) is 12.8. The summed E-state index contributed by atoms with van der Waals surface area (Å²) in [5, 5.41) is 0. The lowest BCUT2D eigenvalue weighted by molar-refractivity contribution is 0.0803. The van der Waals surface area contributed by atoms with Gasteiger partial charge in [-0.2, -0.15) is 0 Å². The normalized spacial score (nSPS) is 23.9. The molecule has 20 heavy (non-hydrogen) atoms. The second kappa shape index (κ2) is 8.71. The van der Waals surface area contributed by atoms with Crippen molar-refractivity contribution in [3.8, 4) is 0 Å². The Labute approximate surface area is 127 Å². The van der Waals surface area contributed by atoms with Crippen LogP contribution >= 0.6 is 11.8 Å². The van der Waals surface area contributed by atoms with E-state index in [-0.39, 0.29) is 0 Å². The predicted molar refractivity (Wildman–Crippen MR) is 87.4 cm³/mol. The molecule has 0 amide bonds. The van der Waals surface area contributed by atoms with E-state index in [1.165, 1.54) is 24.4 Å². The third-order valence-electron chi connectivity index (χ3n) is 3.74. The molecule has 0 N–H and O–H groups in total. The molecule has 2 atom stereocenters. The fraction of sp³-hybridized carbons (Fsp3) is 0.647. The van der Waals surface area contributed by atoms with Crippen LogP contribution in [0.25, 0.3) is 0 Å². The first-order valence-electron chi connectivity index (χ1n) is 7.72. The molecule has 0 unspecified atom stereocenters. The molecule has 1 aromatic carbocycles. The van der Waals surface area contributed by atoms with E-state index in [1.54, 1.807) is 0 Å². The summed E-state index contributed by atoms with van der Waals surface area (Å²) in [5.74, 6) is 2.72. The van der Waals surface area contributed by atoms with Gasteiger partial charge in [-0.05, 0) is 30.4 Å². The topological polar surface area (TPSA) is 12.5 Å². The Kier molecular flexibility index (Phi) is 6.91. The first kappa shape index (κ1) is 15.9. The van der Waals surface area contributed by atoms with Crippen LogP contribution in [-0.4, -0.2) is 43.5 Å². The monoisotopic (exact) mass is 293 g/mol. The fourth-order valence-electron chi connectivity index (χ4n) is 3.01. The average Bonchev–Trinajstić information content (AvgIpc) is 2.43. The molecule has 3 heteroatoms. The van der Waals surface area contributed by atoms with Crippen molar-refractivity contribution < 1.29 is 4.74 Å². The second-order valence-corrected chi connectivity index (χ2v) is 7.15. The Morgan fingerprint density at radius 3 is 2.50 bits per heavy atom. The van der Waals surface area contributed by atoms with Gasteiger partial charge in [0.05, 0.1) is 13.2 Å². The van der Waals surface area contributed by atoms with Crippen molar-refractivity contribution in [2.24, 2.45) is 11.8 Å². The van der Waals surface area contributed by atoms with Crippen molar-refractivity contribution in [3.05, 3.63) is 30.3 Å². The Morgan fingerprint density at radius 1 is 1.10 bits per heavy atom. The van der Waals surface area contributed by atoms with E-state index in [0.717, 1.165) is 37.3 Å². The van der Waals surface area contributed by atoms with Crippen LogP contribution in [0.4, 0.5) is 0 Å². The van der Waals surface area contributed by atoms with Crippen molar-refractivity contribution in [1.82, 2.24) is 4.90 Å². The Balaban J connectivity index is 1.51. The van der Waals surface area contributed by atoms with Crippen molar-refractivity contribution in [1.29, 1.82) is 0 Å². The molecule has 2 nitrogen and oxygen atoms in total. The zero-order chi connectivity index (χ0) is 14.2. The average molecular weight is 293 g/mol. The Bertz CT molecular complexity index is 361. The SMILES string of the molecule is C[C@H]1C[C@H](C)CN(CCOCCSc2ccccc2)C1. The van der Waals surface area contributed by atoms with Crippen LogP contribution in [0, 0.1) is 11.8 Å². The summed E-state index contributed by atoms with van der Waals surface area (Å²) in [6.07, 6.45) is 1.38. The van der Waals surface area contributed by atoms with E-state index in [4.69, 9.17) is 4.74 Å². The molecular weight excluding hydrogens is 266 g/mol. The lowest BCUT2D eigenvalue weighted by Gasteiger charge is -2.34. The van der Waals surface area contributed by atoms with Crippen LogP contribution < -0.4 is 0 Å². The van der Waals surface area contributed by atoms with E-state index in [0.29, 0.717) is 0 Å². The number of likely N-dealkylation sites (tertiary alicyclic amines) is 1. The smallest absolute Gasteiger partial charge is 0.0593 e. The molecule has 2 rings (SSSR count). The molecule has 0 spiro atoms. The number of rotatable bonds is 7. The molecule has 1 aliphatic rings. The molecule has 112 valence electrons. The molecule has 0 radical (unpaired) electrons. The van der Waals surface area contributed by atoms with Crippen molar-refractivity contribution in [3.63, 3.8) is 0 Å². The first-order chi connectivity index (χ1) is 9.74. The molecule has 1 aliphatic heterocycles. The minimum Gasteiger partial charge on any atom is -0.379 e. The van der Waals surface area contributed by atoms with Crippen LogP contribution in [0.2, 0.25) is 0 Å². The third-order valence-corrected chi connectivity index (χ3v) is 4.71. The number of ether oxygens (including phenoxy) is 1. The molecule has 0 saturated carbocycles. The third kappa shape index (κ3) is 5.86. The summed E-state index contributed by atoms with van der Waals surface area (Å²) >= 11 is 1.87. The molecule has 1 saturated heterocycles. The lowest BCUT2D eigenvalue weighted by atomic mass is 9.92. The van der Waals surface area contributed by atoms with Crippen LogP contribution in [0.3, 0.4) is 0 Å². The predicted octanol–water partition coefficient (Wildman–Crippen LogP) is 3.77. The number of hydrogen-bond acceptors (Lipinski definition) is 3. The van der Waals surface area contributed by atoms with Gasteiger partial charge in [-0.25, -0.2) is 0 Å². The summed E-state index contributed by atoms with van der Waals surface area (Å²) in [7, 11) is 0. The summed E-state index contributed by atoms with van der Waals surface area (Å²) in [6.45, 7) is 10.0. The van der Waals surface area contributed by atoms with Gasteiger partial charge >= 0.3 is 0 Å². The van der Waals surface area contributed by atoms with Gasteiger partial charge in [-0.1, -0.05) is 32.0 Å². The Morgan fingerprint density at radius 2 is 1.80 bits per heavy atom. The van der Waals surface area contributed by atoms with Gasteiger partial charge in [-0.15, -0.1) is 11.8 Å². The van der Waals surface area contributed by atoms with Crippen LogP contribution in [0.15, 0.2) is 35.2 Å². The molecule has 0 aromatic heterocycles. The van der Waals surface area contributed by atoms with Gasteiger partial charge < -0.3 is 9.64 Å². The van der Waals surface area contributed by atoms with Gasteiger partial charge in [0, 0.05) is 30.3 Å². The van der Waals surface area contributed by atoms with Gasteiger partial charge in [-0.3, -0.25) is 0 Å². The molecule has 0 aliphatic carbocycles. The fourth-order valence-corrected chi connectivity index (χ4v) is 3.79. The highest BCUT2D eigenvalue weighted by Gasteiger charge is 2.20. The van der Waals surface area contributed by atoms with Crippen molar-refractivity contribution in [2.75, 3.05) is 38.6 Å². The highest BCUT2D eigenvalue weighted by atomic mass is 32.2. The second-order valence-electron chi connectivity index (χ2n) is 5.98. The van der Waals surface area contributed by atoms with Gasteiger partial charge in [0.1, 0.15) is 0 Å². The first-order valence-corrected chi connectivity index (χ1v) is 8.70. The summed E-state index contributed by atoms with van der Waals surface area (Å²) in [4.78, 5) is 3.89. The minimum atomic E-state index is 0.840. The van der Waals surface area contributed by atoms with E-state index >= 15 is 0 Å². The van der Waals surface area contributed by atoms with Crippen LogP contribution in [0.1, 0.15) is 20.3 Å². The van der Waals surface area contributed by atoms with E-state index < -0.39 is 0 Å². The van der Waals surface area contributed by atoms with E-state index in [2.05, 4.69) is 49.1 Å². The Hall–Kier alpha value is -0.510. The number of hydrogen-bond donors (Lipinski definition) is 0. The van der Waals surface area contributed by atoms with E-state index in [9.17, 15) is 0 Å². The van der Waals surface area contributed by atoms with E-state index in [1.807, 2.05) is 11.8 Å². The lowest BCUT2D eigenvalue weighted by Crippen LogP contribution is -2.40. The molecule has 1 heterocycles. The number of piperidine rings is 1. The number of nitrogens with zero attached hydrogens (tertiary/aromatic N) is 1. The maximum Gasteiger partial charge on any atom is 0.0593 e. The summed E-state index contributed by atoms with van der Waals surface area (Å²) in [6, 6.07) is 10.5. The maximum absolute atomic E-state index is 5.77. The highest BCUT2D eigenvalue weighted by molar-refractivity contribution is 7.99. The van der Waals surface area contributed by atoms with Crippen LogP contribution in [-0.2, 0) is 4.74 Å². The molecule has 0 bridgehead atoms. The molecule has 1 fully saturated rings. The zero-order valence-corrected chi connectivity index (χ0v) is 13.6.